The molecule has 0 radical (unpaired) electrons. The maximum atomic E-state index is 12.6. The van der Waals surface area contributed by atoms with Crippen molar-refractivity contribution in [2.45, 2.75) is 19.2 Å². The van der Waals surface area contributed by atoms with Crippen LogP contribution in [0, 0.1) is 0 Å². The van der Waals surface area contributed by atoms with Gasteiger partial charge in [-0.05, 0) is 67.6 Å². The zero-order valence-corrected chi connectivity index (χ0v) is 17.2. The molecule has 0 aliphatic rings. The predicted octanol–water partition coefficient (Wildman–Crippen LogP) is 5.89. The van der Waals surface area contributed by atoms with Crippen molar-refractivity contribution in [3.05, 3.63) is 84.4 Å². The molecular weight excluding hydrogens is 425 g/mol. The number of esters is 1. The molecule has 3 aromatic rings. The van der Waals surface area contributed by atoms with Gasteiger partial charge in [-0.2, -0.15) is 13.2 Å². The number of hydrogen-bond donors (Lipinski definition) is 0. The maximum absolute atomic E-state index is 12.6. The Kier molecular flexibility index (Phi) is 7.59. The molecular formula is C24H21F3O5. The first-order valence-electron chi connectivity index (χ1n) is 9.77. The molecule has 0 bridgehead atoms. The number of alkyl halides is 3. The van der Waals surface area contributed by atoms with Gasteiger partial charge in [0.1, 0.15) is 36.2 Å². The highest BCUT2D eigenvalue weighted by molar-refractivity contribution is 5.74. The Bertz CT molecular complexity index is 987. The van der Waals surface area contributed by atoms with Gasteiger partial charge in [0.2, 0.25) is 0 Å². The van der Waals surface area contributed by atoms with E-state index >= 15 is 0 Å². The third-order valence-corrected chi connectivity index (χ3v) is 4.23. The molecule has 0 fully saturated rings. The summed E-state index contributed by atoms with van der Waals surface area (Å²) < 4.78 is 59.5. The number of carbonyl (C=O) groups is 1. The third kappa shape index (κ3) is 6.94. The summed E-state index contributed by atoms with van der Waals surface area (Å²) in [4.78, 5) is 12.1. The predicted molar refractivity (Wildman–Crippen MR) is 111 cm³/mol. The number of benzene rings is 3. The molecule has 0 saturated carbocycles. The van der Waals surface area contributed by atoms with Crippen LogP contribution in [0.1, 0.15) is 12.5 Å². The first-order valence-corrected chi connectivity index (χ1v) is 9.77. The van der Waals surface area contributed by atoms with Gasteiger partial charge < -0.3 is 18.9 Å². The Labute approximate surface area is 183 Å². The number of carbonyl (C=O) groups excluding carboxylic acids is 1. The van der Waals surface area contributed by atoms with E-state index in [0.29, 0.717) is 17.2 Å². The SMILES string of the molecule is CC(Oc1ccc(Oc2ccc(C(F)(F)F)cc2)cc1)C(=O)OCCOc1ccccc1. The fourth-order valence-electron chi connectivity index (χ4n) is 2.62. The molecule has 3 rings (SSSR count). The Morgan fingerprint density at radius 1 is 0.781 bits per heavy atom. The lowest BCUT2D eigenvalue weighted by molar-refractivity contribution is -0.151. The minimum Gasteiger partial charge on any atom is -0.490 e. The number of para-hydroxylation sites is 1. The van der Waals surface area contributed by atoms with Crippen molar-refractivity contribution < 1.29 is 36.9 Å². The van der Waals surface area contributed by atoms with E-state index in [0.717, 1.165) is 12.1 Å². The fourth-order valence-corrected chi connectivity index (χ4v) is 2.62. The summed E-state index contributed by atoms with van der Waals surface area (Å²) in [7, 11) is 0. The fraction of sp³-hybridized carbons (Fsp3) is 0.208. The molecule has 3 aromatic carbocycles. The van der Waals surface area contributed by atoms with Crippen LogP contribution in [0.3, 0.4) is 0 Å². The summed E-state index contributed by atoms with van der Waals surface area (Å²) in [6.45, 7) is 1.87. The third-order valence-electron chi connectivity index (χ3n) is 4.23. The van der Waals surface area contributed by atoms with E-state index in [2.05, 4.69) is 0 Å². The maximum Gasteiger partial charge on any atom is 0.416 e. The second kappa shape index (κ2) is 10.6. The van der Waals surface area contributed by atoms with Gasteiger partial charge in [0, 0.05) is 0 Å². The molecule has 0 aromatic heterocycles. The van der Waals surface area contributed by atoms with Crippen LogP contribution in [0.25, 0.3) is 0 Å². The van der Waals surface area contributed by atoms with Crippen LogP contribution in [-0.4, -0.2) is 25.3 Å². The second-order valence-corrected chi connectivity index (χ2v) is 6.68. The summed E-state index contributed by atoms with van der Waals surface area (Å²) in [6.07, 6.45) is -5.24. The molecule has 0 amide bonds. The Morgan fingerprint density at radius 3 is 1.94 bits per heavy atom. The van der Waals surface area contributed by atoms with E-state index in [-0.39, 0.29) is 19.0 Å². The Hall–Kier alpha value is -3.68. The summed E-state index contributed by atoms with van der Waals surface area (Å²) >= 11 is 0. The minimum absolute atomic E-state index is 0.0847. The molecule has 0 aliphatic heterocycles. The summed E-state index contributed by atoms with van der Waals surface area (Å²) in [5, 5.41) is 0. The normalized spacial score (nSPS) is 12.0. The smallest absolute Gasteiger partial charge is 0.416 e. The molecule has 0 spiro atoms. The second-order valence-electron chi connectivity index (χ2n) is 6.68. The van der Waals surface area contributed by atoms with E-state index in [1.54, 1.807) is 43.3 Å². The molecule has 5 nitrogen and oxygen atoms in total. The topological polar surface area (TPSA) is 54.0 Å². The van der Waals surface area contributed by atoms with E-state index in [1.807, 2.05) is 18.2 Å². The zero-order chi connectivity index (χ0) is 23.0. The first kappa shape index (κ1) is 23.0. The minimum atomic E-state index is -4.40. The molecule has 0 N–H and O–H groups in total. The van der Waals surface area contributed by atoms with Crippen LogP contribution in [0.2, 0.25) is 0 Å². The van der Waals surface area contributed by atoms with Gasteiger partial charge >= 0.3 is 12.1 Å². The highest BCUT2D eigenvalue weighted by Crippen LogP contribution is 2.31. The van der Waals surface area contributed by atoms with Gasteiger partial charge in [0.05, 0.1) is 5.56 Å². The van der Waals surface area contributed by atoms with Crippen molar-refractivity contribution in [1.29, 1.82) is 0 Å². The molecule has 1 unspecified atom stereocenters. The quantitative estimate of drug-likeness (QED) is 0.303. The number of hydrogen-bond acceptors (Lipinski definition) is 5. The summed E-state index contributed by atoms with van der Waals surface area (Å²) in [5.41, 5.74) is -0.749. The lowest BCUT2D eigenvalue weighted by atomic mass is 10.2. The number of rotatable bonds is 9. The molecule has 32 heavy (non-hydrogen) atoms. The van der Waals surface area contributed by atoms with Gasteiger partial charge in [-0.1, -0.05) is 18.2 Å². The first-order chi connectivity index (χ1) is 15.3. The van der Waals surface area contributed by atoms with Crippen LogP contribution < -0.4 is 14.2 Å². The average molecular weight is 446 g/mol. The van der Waals surface area contributed by atoms with Crippen LogP contribution in [0.5, 0.6) is 23.0 Å². The standard InChI is InChI=1S/C24H21F3O5/c1-17(23(28)30-16-15-29-19-5-3-2-4-6-19)31-20-11-13-22(14-12-20)32-21-9-7-18(8-10-21)24(25,26)27/h2-14,17H,15-16H2,1H3. The van der Waals surface area contributed by atoms with Gasteiger partial charge in [-0.3, -0.25) is 0 Å². The number of ether oxygens (including phenoxy) is 4. The van der Waals surface area contributed by atoms with Crippen molar-refractivity contribution in [2.24, 2.45) is 0 Å². The Balaban J connectivity index is 1.43. The summed E-state index contributed by atoms with van der Waals surface area (Å²) in [6, 6.07) is 19.9. The van der Waals surface area contributed by atoms with Gasteiger partial charge in [-0.15, -0.1) is 0 Å². The van der Waals surface area contributed by atoms with Crippen LogP contribution >= 0.6 is 0 Å². The zero-order valence-electron chi connectivity index (χ0n) is 17.2. The number of halogens is 3. The molecule has 0 heterocycles. The molecule has 0 aliphatic carbocycles. The lowest BCUT2D eigenvalue weighted by Crippen LogP contribution is -2.27. The Morgan fingerprint density at radius 2 is 1.34 bits per heavy atom. The van der Waals surface area contributed by atoms with E-state index in [4.69, 9.17) is 18.9 Å². The van der Waals surface area contributed by atoms with E-state index in [1.165, 1.54) is 12.1 Å². The largest absolute Gasteiger partial charge is 0.490 e. The highest BCUT2D eigenvalue weighted by atomic mass is 19.4. The molecule has 168 valence electrons. The van der Waals surface area contributed by atoms with Gasteiger partial charge in [0.25, 0.3) is 0 Å². The van der Waals surface area contributed by atoms with Crippen LogP contribution in [0.15, 0.2) is 78.9 Å². The van der Waals surface area contributed by atoms with Crippen molar-refractivity contribution >= 4 is 5.97 Å². The van der Waals surface area contributed by atoms with Gasteiger partial charge in [0.15, 0.2) is 6.10 Å². The molecule has 1 atom stereocenters. The van der Waals surface area contributed by atoms with Crippen molar-refractivity contribution in [2.75, 3.05) is 13.2 Å². The van der Waals surface area contributed by atoms with Crippen molar-refractivity contribution in [3.63, 3.8) is 0 Å². The van der Waals surface area contributed by atoms with Crippen molar-refractivity contribution in [1.82, 2.24) is 0 Å². The highest BCUT2D eigenvalue weighted by Gasteiger charge is 2.30. The summed E-state index contributed by atoms with van der Waals surface area (Å²) in [5.74, 6) is 1.24. The van der Waals surface area contributed by atoms with E-state index in [9.17, 15) is 18.0 Å². The van der Waals surface area contributed by atoms with E-state index < -0.39 is 23.8 Å². The monoisotopic (exact) mass is 446 g/mol. The van der Waals surface area contributed by atoms with Gasteiger partial charge in [-0.25, -0.2) is 4.79 Å². The average Bonchev–Trinajstić information content (AvgIpc) is 2.78. The van der Waals surface area contributed by atoms with Crippen molar-refractivity contribution in [3.8, 4) is 23.0 Å². The van der Waals surface area contributed by atoms with Crippen LogP contribution in [0.4, 0.5) is 13.2 Å². The van der Waals surface area contributed by atoms with Crippen LogP contribution in [-0.2, 0) is 15.7 Å². The lowest BCUT2D eigenvalue weighted by Gasteiger charge is -2.15. The molecule has 0 saturated heterocycles. The molecule has 8 heteroatoms.